The summed E-state index contributed by atoms with van der Waals surface area (Å²) in [7, 11) is 0. The number of rotatable bonds is 6. The molecule has 0 radical (unpaired) electrons. The normalized spacial score (nSPS) is 12.5. The minimum Gasteiger partial charge on any atom is -0.356 e. The third-order valence-corrected chi connectivity index (χ3v) is 3.07. The number of carbonyl (C=O) groups excluding carboxylic acids is 1. The van der Waals surface area contributed by atoms with Crippen molar-refractivity contribution in [3.8, 4) is 0 Å². The lowest BCUT2D eigenvalue weighted by Crippen LogP contribution is -2.28. The van der Waals surface area contributed by atoms with E-state index in [0.29, 0.717) is 5.92 Å². The van der Waals surface area contributed by atoms with Crippen LogP contribution in [-0.4, -0.2) is 12.5 Å². The van der Waals surface area contributed by atoms with E-state index in [0.717, 1.165) is 24.9 Å². The lowest BCUT2D eigenvalue weighted by molar-refractivity contribution is -0.122. The van der Waals surface area contributed by atoms with Crippen LogP contribution in [0.5, 0.6) is 0 Å². The highest BCUT2D eigenvalue weighted by Crippen LogP contribution is 2.17. The standard InChI is InChI=1S/C16H25NO/c1-5-10-17-16(18)13(4)15-8-6-14(7-9-15)11-12(2)3/h6-9,12-13H,5,10-11H2,1-4H3,(H,17,18)/t13-/m1/s1. The molecule has 1 N–H and O–H groups in total. The predicted molar refractivity (Wildman–Crippen MR) is 76.7 cm³/mol. The van der Waals surface area contributed by atoms with Gasteiger partial charge in [0.1, 0.15) is 0 Å². The van der Waals surface area contributed by atoms with E-state index in [4.69, 9.17) is 0 Å². The Bertz CT molecular complexity index is 367. The van der Waals surface area contributed by atoms with E-state index in [2.05, 4.69) is 50.4 Å². The zero-order chi connectivity index (χ0) is 13.5. The molecule has 2 nitrogen and oxygen atoms in total. The Kier molecular flexibility index (Phi) is 5.90. The van der Waals surface area contributed by atoms with Gasteiger partial charge in [-0.05, 0) is 36.8 Å². The second-order valence-corrected chi connectivity index (χ2v) is 5.35. The number of hydrogen-bond acceptors (Lipinski definition) is 1. The van der Waals surface area contributed by atoms with Crippen LogP contribution in [0.15, 0.2) is 24.3 Å². The number of carbonyl (C=O) groups is 1. The summed E-state index contributed by atoms with van der Waals surface area (Å²) in [4.78, 5) is 11.9. The molecule has 2 heteroatoms. The van der Waals surface area contributed by atoms with Gasteiger partial charge in [-0.2, -0.15) is 0 Å². The van der Waals surface area contributed by atoms with E-state index in [1.165, 1.54) is 5.56 Å². The van der Waals surface area contributed by atoms with Gasteiger partial charge in [0.05, 0.1) is 5.92 Å². The molecule has 0 fully saturated rings. The van der Waals surface area contributed by atoms with Crippen LogP contribution < -0.4 is 5.32 Å². The van der Waals surface area contributed by atoms with Crippen molar-refractivity contribution in [2.24, 2.45) is 5.92 Å². The first kappa shape index (κ1) is 14.7. The maximum absolute atomic E-state index is 11.9. The van der Waals surface area contributed by atoms with Crippen LogP contribution in [0.1, 0.15) is 51.2 Å². The Morgan fingerprint density at radius 2 is 1.78 bits per heavy atom. The molecule has 0 saturated heterocycles. The quantitative estimate of drug-likeness (QED) is 0.819. The van der Waals surface area contributed by atoms with Gasteiger partial charge in [0.2, 0.25) is 5.91 Å². The Hall–Kier alpha value is -1.31. The third-order valence-electron chi connectivity index (χ3n) is 3.07. The van der Waals surface area contributed by atoms with Crippen molar-refractivity contribution in [1.82, 2.24) is 5.32 Å². The lowest BCUT2D eigenvalue weighted by Gasteiger charge is -2.13. The molecule has 0 unspecified atom stereocenters. The summed E-state index contributed by atoms with van der Waals surface area (Å²) in [6.45, 7) is 9.21. The zero-order valence-corrected chi connectivity index (χ0v) is 12.0. The van der Waals surface area contributed by atoms with Gasteiger partial charge < -0.3 is 5.32 Å². The van der Waals surface area contributed by atoms with Crippen molar-refractivity contribution >= 4 is 5.91 Å². The van der Waals surface area contributed by atoms with Gasteiger partial charge in [-0.1, -0.05) is 45.0 Å². The molecule has 0 aliphatic carbocycles. The molecule has 1 rings (SSSR count). The minimum atomic E-state index is -0.0651. The first-order valence-electron chi connectivity index (χ1n) is 6.91. The molecule has 0 bridgehead atoms. The predicted octanol–water partition coefficient (Wildman–Crippen LogP) is 3.51. The van der Waals surface area contributed by atoms with Gasteiger partial charge in [-0.3, -0.25) is 4.79 Å². The van der Waals surface area contributed by atoms with E-state index in [1.807, 2.05) is 6.92 Å². The maximum atomic E-state index is 11.9. The van der Waals surface area contributed by atoms with Crippen molar-refractivity contribution in [2.75, 3.05) is 6.54 Å². The van der Waals surface area contributed by atoms with Crippen molar-refractivity contribution in [3.63, 3.8) is 0 Å². The Morgan fingerprint density at radius 1 is 1.17 bits per heavy atom. The first-order chi connectivity index (χ1) is 8.54. The van der Waals surface area contributed by atoms with Gasteiger partial charge in [0.15, 0.2) is 0 Å². The molecule has 100 valence electrons. The molecule has 1 amide bonds. The van der Waals surface area contributed by atoms with Crippen LogP contribution in [0, 0.1) is 5.92 Å². The van der Waals surface area contributed by atoms with Crippen LogP contribution in [-0.2, 0) is 11.2 Å². The van der Waals surface area contributed by atoms with Gasteiger partial charge >= 0.3 is 0 Å². The molecule has 1 aromatic carbocycles. The number of amides is 1. The molecular formula is C16H25NO. The second-order valence-electron chi connectivity index (χ2n) is 5.35. The largest absolute Gasteiger partial charge is 0.356 e. The summed E-state index contributed by atoms with van der Waals surface area (Å²) in [6, 6.07) is 8.43. The lowest BCUT2D eigenvalue weighted by atomic mass is 9.96. The van der Waals surface area contributed by atoms with Crippen LogP contribution in [0.2, 0.25) is 0 Å². The Morgan fingerprint density at radius 3 is 2.28 bits per heavy atom. The molecule has 18 heavy (non-hydrogen) atoms. The number of nitrogens with one attached hydrogen (secondary N) is 1. The molecule has 1 aromatic rings. The summed E-state index contributed by atoms with van der Waals surface area (Å²) < 4.78 is 0. The summed E-state index contributed by atoms with van der Waals surface area (Å²) in [6.07, 6.45) is 2.07. The molecule has 0 heterocycles. The van der Waals surface area contributed by atoms with Crippen molar-refractivity contribution in [1.29, 1.82) is 0 Å². The first-order valence-corrected chi connectivity index (χ1v) is 6.91. The summed E-state index contributed by atoms with van der Waals surface area (Å²) in [5.74, 6) is 0.722. The molecule has 1 atom stereocenters. The highest BCUT2D eigenvalue weighted by atomic mass is 16.1. The smallest absolute Gasteiger partial charge is 0.227 e. The van der Waals surface area contributed by atoms with Crippen LogP contribution in [0.25, 0.3) is 0 Å². The SMILES string of the molecule is CCCNC(=O)[C@H](C)c1ccc(CC(C)C)cc1. The van der Waals surface area contributed by atoms with Crippen LogP contribution in [0.4, 0.5) is 0 Å². The number of hydrogen-bond donors (Lipinski definition) is 1. The molecule has 0 aromatic heterocycles. The zero-order valence-electron chi connectivity index (χ0n) is 12.0. The van der Waals surface area contributed by atoms with E-state index in [9.17, 15) is 4.79 Å². The average molecular weight is 247 g/mol. The third kappa shape index (κ3) is 4.52. The van der Waals surface area contributed by atoms with Crippen molar-refractivity contribution < 1.29 is 4.79 Å². The summed E-state index contributed by atoms with van der Waals surface area (Å²) >= 11 is 0. The van der Waals surface area contributed by atoms with Crippen molar-refractivity contribution in [2.45, 2.75) is 46.5 Å². The van der Waals surface area contributed by atoms with E-state index < -0.39 is 0 Å². The monoisotopic (exact) mass is 247 g/mol. The van der Waals surface area contributed by atoms with E-state index in [-0.39, 0.29) is 11.8 Å². The van der Waals surface area contributed by atoms with Gasteiger partial charge in [0.25, 0.3) is 0 Å². The fourth-order valence-corrected chi connectivity index (χ4v) is 1.97. The van der Waals surface area contributed by atoms with Gasteiger partial charge in [-0.25, -0.2) is 0 Å². The number of benzene rings is 1. The van der Waals surface area contributed by atoms with Crippen LogP contribution >= 0.6 is 0 Å². The van der Waals surface area contributed by atoms with Crippen LogP contribution in [0.3, 0.4) is 0 Å². The van der Waals surface area contributed by atoms with E-state index in [1.54, 1.807) is 0 Å². The average Bonchev–Trinajstić information content (AvgIpc) is 2.35. The fourth-order valence-electron chi connectivity index (χ4n) is 1.97. The van der Waals surface area contributed by atoms with E-state index >= 15 is 0 Å². The summed E-state index contributed by atoms with van der Waals surface area (Å²) in [5.41, 5.74) is 2.44. The molecule has 0 spiro atoms. The molecule has 0 saturated carbocycles. The maximum Gasteiger partial charge on any atom is 0.227 e. The Labute approximate surface area is 111 Å². The molecule has 0 aliphatic heterocycles. The minimum absolute atomic E-state index is 0.0651. The van der Waals surface area contributed by atoms with Crippen molar-refractivity contribution in [3.05, 3.63) is 35.4 Å². The molecular weight excluding hydrogens is 222 g/mol. The Balaban J connectivity index is 2.63. The van der Waals surface area contributed by atoms with Gasteiger partial charge in [0, 0.05) is 6.54 Å². The fraction of sp³-hybridized carbons (Fsp3) is 0.562. The van der Waals surface area contributed by atoms with Gasteiger partial charge in [-0.15, -0.1) is 0 Å². The highest BCUT2D eigenvalue weighted by Gasteiger charge is 2.14. The topological polar surface area (TPSA) is 29.1 Å². The summed E-state index contributed by atoms with van der Waals surface area (Å²) in [5, 5.41) is 2.94. The molecule has 0 aliphatic rings. The highest BCUT2D eigenvalue weighted by molar-refractivity contribution is 5.83. The second kappa shape index (κ2) is 7.20.